The van der Waals surface area contributed by atoms with Crippen LogP contribution in [0.25, 0.3) is 0 Å². The van der Waals surface area contributed by atoms with Gasteiger partial charge in [0.2, 0.25) is 5.82 Å². The number of nitrogens with two attached hydrogens (primary N) is 1. The smallest absolute Gasteiger partial charge is 0.305 e. The summed E-state index contributed by atoms with van der Waals surface area (Å²) in [6.07, 6.45) is 0. The minimum atomic E-state index is -1.03. The summed E-state index contributed by atoms with van der Waals surface area (Å²) in [5.41, 5.74) is 4.52. The molecule has 2 rings (SSSR count). The second kappa shape index (κ2) is 6.32. The first-order chi connectivity index (χ1) is 9.31. The number of rotatable bonds is 1. The summed E-state index contributed by atoms with van der Waals surface area (Å²) in [5, 5.41) is 27.3. The van der Waals surface area contributed by atoms with E-state index in [1.54, 1.807) is 0 Å². The molecule has 0 aliphatic carbocycles. The van der Waals surface area contributed by atoms with Gasteiger partial charge in [0, 0.05) is 18.2 Å². The maximum absolute atomic E-state index is 12.5. The number of nitrogen functional groups attached to an aromatic ring is 1. The molecule has 0 spiro atoms. The largest absolute Gasteiger partial charge is 0.508 e. The van der Waals surface area contributed by atoms with E-state index in [1.165, 1.54) is 12.1 Å². The van der Waals surface area contributed by atoms with Gasteiger partial charge in [-0.25, -0.2) is 4.39 Å². The Kier molecular flexibility index (Phi) is 4.79. The third kappa shape index (κ3) is 4.09. The summed E-state index contributed by atoms with van der Waals surface area (Å²) in [7, 11) is 0. The molecule has 0 saturated carbocycles. The van der Waals surface area contributed by atoms with E-state index in [9.17, 15) is 18.9 Å². The van der Waals surface area contributed by atoms with Crippen LogP contribution < -0.4 is 5.73 Å². The SMILES string of the molecule is Nc1ccc(O)cc1F.O=[N+]([O-])c1ccc(O)cc1F. The summed E-state index contributed by atoms with van der Waals surface area (Å²) in [5.74, 6) is -2.06. The van der Waals surface area contributed by atoms with Gasteiger partial charge >= 0.3 is 5.69 Å². The Labute approximate surface area is 111 Å². The lowest BCUT2D eigenvalue weighted by atomic mass is 10.3. The fourth-order valence-corrected chi connectivity index (χ4v) is 1.16. The predicted octanol–water partition coefficient (Wildman–Crippen LogP) is 2.55. The normalized spacial score (nSPS) is 9.50. The summed E-state index contributed by atoms with van der Waals surface area (Å²) in [4.78, 5) is 9.16. The van der Waals surface area contributed by atoms with Gasteiger partial charge in [-0.05, 0) is 18.2 Å². The van der Waals surface area contributed by atoms with Crippen molar-refractivity contribution >= 4 is 11.4 Å². The van der Waals surface area contributed by atoms with Gasteiger partial charge in [0.15, 0.2) is 0 Å². The highest BCUT2D eigenvalue weighted by atomic mass is 19.1. The molecule has 0 heterocycles. The number of anilines is 1. The van der Waals surface area contributed by atoms with Crippen molar-refractivity contribution in [1.82, 2.24) is 0 Å². The molecule has 0 bridgehead atoms. The van der Waals surface area contributed by atoms with E-state index in [2.05, 4.69) is 0 Å². The van der Waals surface area contributed by atoms with Crippen LogP contribution >= 0.6 is 0 Å². The molecule has 0 aliphatic heterocycles. The summed E-state index contributed by atoms with van der Waals surface area (Å²) >= 11 is 0. The van der Waals surface area contributed by atoms with Crippen molar-refractivity contribution in [3.8, 4) is 11.5 Å². The molecule has 0 aliphatic rings. The molecule has 8 heteroatoms. The fraction of sp³-hybridized carbons (Fsp3) is 0. The molecule has 0 amide bonds. The van der Waals surface area contributed by atoms with Crippen LogP contribution in [0.5, 0.6) is 11.5 Å². The standard InChI is InChI=1S/C6H4FNO3.C6H6FNO/c7-5-3-4(9)1-2-6(5)8(10)11;7-5-3-4(9)1-2-6(5)8/h1-3,9H;1-3,9H,8H2. The zero-order valence-electron chi connectivity index (χ0n) is 9.96. The molecule has 0 unspecified atom stereocenters. The highest BCUT2D eigenvalue weighted by Crippen LogP contribution is 2.20. The number of nitro benzene ring substituents is 1. The van der Waals surface area contributed by atoms with Crippen molar-refractivity contribution in [2.45, 2.75) is 0 Å². The van der Waals surface area contributed by atoms with Gasteiger partial charge in [-0.3, -0.25) is 10.1 Å². The molecule has 106 valence electrons. The molecule has 0 fully saturated rings. The second-order valence-electron chi connectivity index (χ2n) is 3.60. The zero-order valence-corrected chi connectivity index (χ0v) is 9.96. The Bertz CT molecular complexity index is 635. The van der Waals surface area contributed by atoms with Crippen LogP contribution in [-0.2, 0) is 0 Å². The summed E-state index contributed by atoms with van der Waals surface area (Å²) in [6.45, 7) is 0. The molecule has 0 radical (unpaired) electrons. The Hall–Kier alpha value is -2.90. The van der Waals surface area contributed by atoms with Gasteiger partial charge in [-0.1, -0.05) is 0 Å². The maximum Gasteiger partial charge on any atom is 0.305 e. The van der Waals surface area contributed by atoms with E-state index >= 15 is 0 Å². The van der Waals surface area contributed by atoms with E-state index in [0.717, 1.165) is 18.2 Å². The first-order valence-electron chi connectivity index (χ1n) is 5.18. The number of nitro groups is 1. The molecular weight excluding hydrogens is 274 g/mol. The molecule has 0 saturated heterocycles. The van der Waals surface area contributed by atoms with Gasteiger partial charge in [-0.2, -0.15) is 4.39 Å². The number of hydrogen-bond donors (Lipinski definition) is 3. The topological polar surface area (TPSA) is 110 Å². The second-order valence-corrected chi connectivity index (χ2v) is 3.60. The van der Waals surface area contributed by atoms with Crippen molar-refractivity contribution in [3.63, 3.8) is 0 Å². The van der Waals surface area contributed by atoms with Crippen LogP contribution in [0.3, 0.4) is 0 Å². The highest BCUT2D eigenvalue weighted by Gasteiger charge is 2.12. The maximum atomic E-state index is 12.5. The number of halogens is 2. The molecule has 20 heavy (non-hydrogen) atoms. The van der Waals surface area contributed by atoms with E-state index in [1.807, 2.05) is 0 Å². The van der Waals surface area contributed by atoms with E-state index < -0.39 is 22.2 Å². The number of phenols is 2. The van der Waals surface area contributed by atoms with Crippen LogP contribution in [0.15, 0.2) is 36.4 Å². The summed E-state index contributed by atoms with van der Waals surface area (Å²) in [6, 6.07) is 6.27. The molecular formula is C12H10F2N2O4. The molecule has 2 aromatic carbocycles. The Morgan fingerprint density at radius 1 is 1.00 bits per heavy atom. The highest BCUT2D eigenvalue weighted by molar-refractivity contribution is 5.42. The molecule has 0 atom stereocenters. The molecule has 4 N–H and O–H groups in total. The Morgan fingerprint density at radius 2 is 1.50 bits per heavy atom. The van der Waals surface area contributed by atoms with Gasteiger partial charge in [-0.15, -0.1) is 0 Å². The number of hydrogen-bond acceptors (Lipinski definition) is 5. The number of phenolic OH excluding ortho intramolecular Hbond substituents is 2. The molecule has 0 aromatic heterocycles. The lowest BCUT2D eigenvalue weighted by molar-refractivity contribution is -0.387. The monoisotopic (exact) mass is 284 g/mol. The Balaban J connectivity index is 0.000000204. The molecule has 2 aromatic rings. The lowest BCUT2D eigenvalue weighted by Crippen LogP contribution is -1.90. The first-order valence-corrected chi connectivity index (χ1v) is 5.18. The van der Waals surface area contributed by atoms with Crippen molar-refractivity contribution in [2.75, 3.05) is 5.73 Å². The van der Waals surface area contributed by atoms with Crippen molar-refractivity contribution in [2.24, 2.45) is 0 Å². The average molecular weight is 284 g/mol. The lowest BCUT2D eigenvalue weighted by Gasteiger charge is -1.94. The van der Waals surface area contributed by atoms with Crippen molar-refractivity contribution in [1.29, 1.82) is 0 Å². The minimum absolute atomic E-state index is 0.0489. The quantitative estimate of drug-likeness (QED) is 0.322. The first kappa shape index (κ1) is 15.2. The number of nitrogens with zero attached hydrogens (tertiary/aromatic N) is 1. The summed E-state index contributed by atoms with van der Waals surface area (Å²) < 4.78 is 24.8. The number of benzene rings is 2. The predicted molar refractivity (Wildman–Crippen MR) is 67.2 cm³/mol. The van der Waals surface area contributed by atoms with Gasteiger partial charge in [0.05, 0.1) is 10.6 Å². The van der Waals surface area contributed by atoms with E-state index in [-0.39, 0.29) is 17.2 Å². The van der Waals surface area contributed by atoms with Crippen LogP contribution in [-0.4, -0.2) is 15.1 Å². The Morgan fingerprint density at radius 3 is 1.90 bits per heavy atom. The van der Waals surface area contributed by atoms with Crippen LogP contribution in [0.4, 0.5) is 20.2 Å². The van der Waals surface area contributed by atoms with Gasteiger partial charge in [0.25, 0.3) is 0 Å². The zero-order chi connectivity index (χ0) is 15.3. The average Bonchev–Trinajstić information content (AvgIpc) is 2.34. The van der Waals surface area contributed by atoms with Crippen LogP contribution in [0.2, 0.25) is 0 Å². The minimum Gasteiger partial charge on any atom is -0.508 e. The van der Waals surface area contributed by atoms with E-state index in [0.29, 0.717) is 6.07 Å². The number of aromatic hydroxyl groups is 2. The third-order valence-corrected chi connectivity index (χ3v) is 2.11. The van der Waals surface area contributed by atoms with Gasteiger partial charge in [0.1, 0.15) is 17.3 Å². The van der Waals surface area contributed by atoms with Gasteiger partial charge < -0.3 is 15.9 Å². The van der Waals surface area contributed by atoms with Crippen molar-refractivity contribution in [3.05, 3.63) is 58.1 Å². The van der Waals surface area contributed by atoms with E-state index in [4.69, 9.17) is 15.9 Å². The van der Waals surface area contributed by atoms with Crippen LogP contribution in [0.1, 0.15) is 0 Å². The van der Waals surface area contributed by atoms with Crippen molar-refractivity contribution < 1.29 is 23.9 Å². The van der Waals surface area contributed by atoms with Crippen LogP contribution in [0, 0.1) is 21.7 Å². The molecule has 6 nitrogen and oxygen atoms in total. The fourth-order valence-electron chi connectivity index (χ4n) is 1.16. The third-order valence-electron chi connectivity index (χ3n) is 2.11.